The van der Waals surface area contributed by atoms with Gasteiger partial charge in [-0.05, 0) is 44.2 Å². The van der Waals surface area contributed by atoms with E-state index >= 15 is 0 Å². The predicted molar refractivity (Wildman–Crippen MR) is 76.1 cm³/mol. The molecule has 2 N–H and O–H groups in total. The molecule has 0 bridgehead atoms. The molecule has 1 fully saturated rings. The van der Waals surface area contributed by atoms with Crippen LogP contribution in [0.2, 0.25) is 0 Å². The molecule has 18 heavy (non-hydrogen) atoms. The highest BCUT2D eigenvalue weighted by atomic mass is 32.2. The Hall–Kier alpha value is -0.130. The van der Waals surface area contributed by atoms with Crippen molar-refractivity contribution in [3.05, 3.63) is 0 Å². The van der Waals surface area contributed by atoms with Gasteiger partial charge in [-0.1, -0.05) is 26.7 Å². The molecule has 1 aliphatic carbocycles. The fourth-order valence-corrected chi connectivity index (χ4v) is 3.66. The van der Waals surface area contributed by atoms with E-state index in [1.165, 1.54) is 19.3 Å². The molecule has 5 heteroatoms. The summed E-state index contributed by atoms with van der Waals surface area (Å²) in [4.78, 5) is 0. The monoisotopic (exact) mass is 276 g/mol. The van der Waals surface area contributed by atoms with E-state index in [0.29, 0.717) is 24.8 Å². The van der Waals surface area contributed by atoms with Crippen molar-refractivity contribution in [2.24, 2.45) is 11.8 Å². The highest BCUT2D eigenvalue weighted by Gasteiger charge is 2.24. The summed E-state index contributed by atoms with van der Waals surface area (Å²) in [5.41, 5.74) is 0. The van der Waals surface area contributed by atoms with E-state index in [4.69, 9.17) is 0 Å². The minimum Gasteiger partial charge on any atom is -0.317 e. The molecular formula is C13H28N2O2S. The molecule has 0 aromatic carbocycles. The zero-order valence-corrected chi connectivity index (χ0v) is 12.6. The van der Waals surface area contributed by atoms with Gasteiger partial charge in [0.2, 0.25) is 10.0 Å². The van der Waals surface area contributed by atoms with Crippen molar-refractivity contribution in [2.45, 2.75) is 46.0 Å². The van der Waals surface area contributed by atoms with E-state index < -0.39 is 10.0 Å². The number of rotatable bonds is 9. The third kappa shape index (κ3) is 6.16. The van der Waals surface area contributed by atoms with Crippen LogP contribution in [0, 0.1) is 11.8 Å². The van der Waals surface area contributed by atoms with Gasteiger partial charge in [-0.25, -0.2) is 13.1 Å². The van der Waals surface area contributed by atoms with Gasteiger partial charge in [-0.15, -0.1) is 0 Å². The Morgan fingerprint density at radius 3 is 2.61 bits per heavy atom. The summed E-state index contributed by atoms with van der Waals surface area (Å²) < 4.78 is 26.3. The van der Waals surface area contributed by atoms with Crippen LogP contribution in [0.15, 0.2) is 0 Å². The molecule has 0 heterocycles. The minimum absolute atomic E-state index is 0.241. The van der Waals surface area contributed by atoms with E-state index in [1.54, 1.807) is 0 Å². The lowest BCUT2D eigenvalue weighted by Crippen LogP contribution is -2.33. The molecule has 0 amide bonds. The lowest BCUT2D eigenvalue weighted by molar-refractivity contribution is 0.414. The zero-order valence-electron chi connectivity index (χ0n) is 11.7. The Bertz CT molecular complexity index is 317. The van der Waals surface area contributed by atoms with Crippen molar-refractivity contribution in [1.82, 2.24) is 10.0 Å². The fourth-order valence-electron chi connectivity index (χ4n) is 2.52. The van der Waals surface area contributed by atoms with Crippen LogP contribution in [-0.4, -0.2) is 33.8 Å². The molecule has 2 atom stereocenters. The summed E-state index contributed by atoms with van der Waals surface area (Å²) in [6.45, 7) is 6.71. The van der Waals surface area contributed by atoms with Gasteiger partial charge in [-0.2, -0.15) is 0 Å². The maximum absolute atomic E-state index is 11.8. The van der Waals surface area contributed by atoms with Crippen LogP contribution >= 0.6 is 0 Å². The average Bonchev–Trinajstić information content (AvgIpc) is 2.72. The van der Waals surface area contributed by atoms with Gasteiger partial charge in [-0.3, -0.25) is 0 Å². The second-order valence-corrected chi connectivity index (χ2v) is 7.37. The van der Waals surface area contributed by atoms with Crippen molar-refractivity contribution >= 4 is 10.0 Å². The fraction of sp³-hybridized carbons (Fsp3) is 1.00. The van der Waals surface area contributed by atoms with Gasteiger partial charge >= 0.3 is 0 Å². The van der Waals surface area contributed by atoms with Gasteiger partial charge < -0.3 is 5.32 Å². The Kier molecular flexibility index (Phi) is 7.19. The molecule has 0 saturated heterocycles. The van der Waals surface area contributed by atoms with Crippen molar-refractivity contribution in [3.63, 3.8) is 0 Å². The van der Waals surface area contributed by atoms with Gasteiger partial charge in [0, 0.05) is 6.54 Å². The number of hydrogen-bond acceptors (Lipinski definition) is 3. The van der Waals surface area contributed by atoms with Crippen LogP contribution in [-0.2, 0) is 10.0 Å². The Labute approximate surface area is 112 Å². The second-order valence-electron chi connectivity index (χ2n) is 5.44. The van der Waals surface area contributed by atoms with Crippen LogP contribution in [0.25, 0.3) is 0 Å². The first-order valence-electron chi connectivity index (χ1n) is 7.23. The van der Waals surface area contributed by atoms with Gasteiger partial charge in [0.15, 0.2) is 0 Å². The van der Waals surface area contributed by atoms with Crippen LogP contribution in [0.3, 0.4) is 0 Å². The summed E-state index contributed by atoms with van der Waals surface area (Å²) in [6, 6.07) is 0. The predicted octanol–water partition coefficient (Wildman–Crippen LogP) is 1.73. The highest BCUT2D eigenvalue weighted by Crippen LogP contribution is 2.30. The SMILES string of the molecule is CCCNCCCS(=O)(=O)NCC1CCCC1C. The first-order valence-corrected chi connectivity index (χ1v) is 8.88. The van der Waals surface area contributed by atoms with Crippen LogP contribution < -0.4 is 10.0 Å². The Balaban J connectivity index is 2.15. The molecule has 0 radical (unpaired) electrons. The molecule has 1 saturated carbocycles. The molecule has 108 valence electrons. The molecule has 0 aliphatic heterocycles. The Morgan fingerprint density at radius 2 is 2.00 bits per heavy atom. The maximum atomic E-state index is 11.8. The van der Waals surface area contributed by atoms with Crippen molar-refractivity contribution < 1.29 is 8.42 Å². The smallest absolute Gasteiger partial charge is 0.211 e. The maximum Gasteiger partial charge on any atom is 0.211 e. The number of hydrogen-bond donors (Lipinski definition) is 2. The molecule has 0 aromatic rings. The summed E-state index contributed by atoms with van der Waals surface area (Å²) in [5.74, 6) is 1.45. The van der Waals surface area contributed by atoms with E-state index in [-0.39, 0.29) is 5.75 Å². The van der Waals surface area contributed by atoms with E-state index in [2.05, 4.69) is 23.9 Å². The average molecular weight is 276 g/mol. The molecular weight excluding hydrogens is 248 g/mol. The third-order valence-corrected chi connectivity index (χ3v) is 5.23. The van der Waals surface area contributed by atoms with Crippen molar-refractivity contribution in [3.8, 4) is 0 Å². The normalized spacial score (nSPS) is 24.6. The van der Waals surface area contributed by atoms with Crippen molar-refractivity contribution in [2.75, 3.05) is 25.4 Å². The summed E-state index contributed by atoms with van der Waals surface area (Å²) in [7, 11) is -3.07. The van der Waals surface area contributed by atoms with Crippen LogP contribution in [0.4, 0.5) is 0 Å². The molecule has 0 aromatic heterocycles. The quantitative estimate of drug-likeness (QED) is 0.631. The van der Waals surface area contributed by atoms with E-state index in [9.17, 15) is 8.42 Å². The van der Waals surface area contributed by atoms with Crippen molar-refractivity contribution in [1.29, 1.82) is 0 Å². The number of nitrogens with one attached hydrogen (secondary N) is 2. The summed E-state index contributed by atoms with van der Waals surface area (Å²) in [6.07, 6.45) is 5.43. The lowest BCUT2D eigenvalue weighted by Gasteiger charge is -2.16. The lowest BCUT2D eigenvalue weighted by atomic mass is 9.99. The van der Waals surface area contributed by atoms with Gasteiger partial charge in [0.05, 0.1) is 5.75 Å². The van der Waals surface area contributed by atoms with Crippen LogP contribution in [0.5, 0.6) is 0 Å². The molecule has 4 nitrogen and oxygen atoms in total. The van der Waals surface area contributed by atoms with Crippen LogP contribution in [0.1, 0.15) is 46.0 Å². The second kappa shape index (κ2) is 8.12. The highest BCUT2D eigenvalue weighted by molar-refractivity contribution is 7.89. The van der Waals surface area contributed by atoms with Gasteiger partial charge in [0.1, 0.15) is 0 Å². The standard InChI is InChI=1S/C13H28N2O2S/c1-3-8-14-9-5-10-18(16,17)15-11-13-7-4-6-12(13)2/h12-15H,3-11H2,1-2H3. The topological polar surface area (TPSA) is 58.2 Å². The summed E-state index contributed by atoms with van der Waals surface area (Å²) in [5, 5.41) is 3.22. The first-order chi connectivity index (χ1) is 8.55. The van der Waals surface area contributed by atoms with E-state index in [0.717, 1.165) is 19.5 Å². The molecule has 1 aliphatic rings. The molecule has 0 spiro atoms. The largest absolute Gasteiger partial charge is 0.317 e. The third-order valence-electron chi connectivity index (χ3n) is 3.80. The zero-order chi connectivity index (χ0) is 13.4. The Morgan fingerprint density at radius 1 is 1.22 bits per heavy atom. The molecule has 1 rings (SSSR count). The summed E-state index contributed by atoms with van der Waals surface area (Å²) >= 11 is 0. The first kappa shape index (κ1) is 15.9. The van der Waals surface area contributed by atoms with E-state index in [1.807, 2.05) is 0 Å². The minimum atomic E-state index is -3.07. The van der Waals surface area contributed by atoms with Gasteiger partial charge in [0.25, 0.3) is 0 Å². The molecule has 2 unspecified atom stereocenters. The number of sulfonamides is 1.